The molecule has 166 valence electrons. The molecule has 8 nitrogen and oxygen atoms in total. The van der Waals surface area contributed by atoms with Gasteiger partial charge in [0.05, 0.1) is 25.3 Å². The number of methoxy groups -OCH3 is 2. The molecule has 1 fully saturated rings. The van der Waals surface area contributed by atoms with E-state index < -0.39 is 10.0 Å². The molecule has 0 radical (unpaired) electrons. The molecule has 31 heavy (non-hydrogen) atoms. The summed E-state index contributed by atoms with van der Waals surface area (Å²) in [7, 11) is -0.457. The second-order valence-corrected chi connectivity index (χ2v) is 9.83. The average Bonchev–Trinajstić information content (AvgIpc) is 2.79. The highest BCUT2D eigenvalue weighted by molar-refractivity contribution is 9.10. The molecule has 3 rings (SSSR count). The van der Waals surface area contributed by atoms with Gasteiger partial charge < -0.3 is 9.47 Å². The number of hydrazone groups is 1. The van der Waals surface area contributed by atoms with Crippen LogP contribution < -0.4 is 14.9 Å². The molecule has 1 heterocycles. The fraction of sp³-hybridized carbons (Fsp3) is 0.333. The van der Waals surface area contributed by atoms with Crippen LogP contribution in [0.3, 0.4) is 0 Å². The van der Waals surface area contributed by atoms with Crippen molar-refractivity contribution >= 4 is 38.1 Å². The van der Waals surface area contributed by atoms with Gasteiger partial charge in [-0.3, -0.25) is 4.79 Å². The highest BCUT2D eigenvalue weighted by Gasteiger charge is 2.32. The maximum atomic E-state index is 12.8. The second-order valence-electron chi connectivity index (χ2n) is 6.97. The molecule has 0 aliphatic carbocycles. The van der Waals surface area contributed by atoms with Gasteiger partial charge in [0.15, 0.2) is 0 Å². The van der Waals surface area contributed by atoms with E-state index in [2.05, 4.69) is 26.5 Å². The van der Waals surface area contributed by atoms with E-state index in [1.807, 2.05) is 0 Å². The average molecular weight is 510 g/mol. The number of sulfonamides is 1. The number of hydrogen-bond acceptors (Lipinski definition) is 6. The number of halogens is 1. The van der Waals surface area contributed by atoms with E-state index in [0.717, 1.165) is 4.47 Å². The van der Waals surface area contributed by atoms with E-state index in [-0.39, 0.29) is 29.8 Å². The third kappa shape index (κ3) is 5.63. The molecule has 1 saturated heterocycles. The first-order chi connectivity index (χ1) is 14.8. The number of hydrogen-bond donors (Lipinski definition) is 1. The van der Waals surface area contributed by atoms with Crippen molar-refractivity contribution in [1.29, 1.82) is 0 Å². The summed E-state index contributed by atoms with van der Waals surface area (Å²) in [5.74, 6) is 0.706. The molecular weight excluding hydrogens is 486 g/mol. The summed E-state index contributed by atoms with van der Waals surface area (Å²) in [6, 6.07) is 11.8. The molecule has 0 spiro atoms. The molecule has 2 aromatic carbocycles. The molecule has 1 amide bonds. The smallest absolute Gasteiger partial charge is 0.243 e. The van der Waals surface area contributed by atoms with Crippen LogP contribution in [0.25, 0.3) is 0 Å². The summed E-state index contributed by atoms with van der Waals surface area (Å²) >= 11 is 3.31. The molecule has 0 saturated carbocycles. The fourth-order valence-corrected chi connectivity index (χ4v) is 5.05. The summed E-state index contributed by atoms with van der Waals surface area (Å²) in [5, 5.41) is 4.03. The Morgan fingerprint density at radius 3 is 2.42 bits per heavy atom. The Morgan fingerprint density at radius 2 is 1.81 bits per heavy atom. The van der Waals surface area contributed by atoms with E-state index >= 15 is 0 Å². The van der Waals surface area contributed by atoms with Crippen LogP contribution >= 0.6 is 15.9 Å². The molecule has 0 unspecified atom stereocenters. The SMILES string of the molecule is COc1ccc(OC)c(/C=N\NC(=O)C2CCN(S(=O)(=O)c3ccc(Br)cc3)CC2)c1. The first-order valence-electron chi connectivity index (χ1n) is 9.66. The van der Waals surface area contributed by atoms with Crippen LogP contribution in [0.5, 0.6) is 11.5 Å². The molecule has 0 aromatic heterocycles. The number of carbonyl (C=O) groups excluding carboxylic acids is 1. The van der Waals surface area contributed by atoms with Gasteiger partial charge in [0.1, 0.15) is 11.5 Å². The highest BCUT2D eigenvalue weighted by atomic mass is 79.9. The van der Waals surface area contributed by atoms with Crippen LogP contribution in [0.2, 0.25) is 0 Å². The molecule has 0 bridgehead atoms. The molecule has 2 aromatic rings. The van der Waals surface area contributed by atoms with Crippen LogP contribution in [-0.4, -0.2) is 52.2 Å². The van der Waals surface area contributed by atoms with Crippen molar-refractivity contribution in [2.45, 2.75) is 17.7 Å². The summed E-state index contributed by atoms with van der Waals surface area (Å²) in [6.45, 7) is 0.563. The van der Waals surface area contributed by atoms with E-state index in [9.17, 15) is 13.2 Å². The molecule has 10 heteroatoms. The van der Waals surface area contributed by atoms with Gasteiger partial charge >= 0.3 is 0 Å². The van der Waals surface area contributed by atoms with E-state index in [0.29, 0.717) is 29.9 Å². The summed E-state index contributed by atoms with van der Waals surface area (Å²) < 4.78 is 38.3. The number of carbonyl (C=O) groups is 1. The zero-order valence-electron chi connectivity index (χ0n) is 17.2. The normalized spacial score (nSPS) is 15.7. The van der Waals surface area contributed by atoms with Crippen molar-refractivity contribution in [1.82, 2.24) is 9.73 Å². The maximum absolute atomic E-state index is 12.8. The Kier molecular flexibility index (Phi) is 7.69. The zero-order valence-corrected chi connectivity index (χ0v) is 19.6. The van der Waals surface area contributed by atoms with Crippen LogP contribution in [0.15, 0.2) is 56.9 Å². The predicted molar refractivity (Wildman–Crippen MR) is 121 cm³/mol. The lowest BCUT2D eigenvalue weighted by Gasteiger charge is -2.30. The monoisotopic (exact) mass is 509 g/mol. The number of ether oxygens (including phenoxy) is 2. The van der Waals surface area contributed by atoms with Gasteiger partial charge in [-0.25, -0.2) is 13.8 Å². The van der Waals surface area contributed by atoms with E-state index in [4.69, 9.17) is 9.47 Å². The number of amides is 1. The standard InChI is InChI=1S/C21H24BrN3O5S/c1-29-18-5-8-20(30-2)16(13-18)14-23-24-21(26)15-9-11-25(12-10-15)31(27,28)19-6-3-17(22)4-7-19/h3-8,13-15H,9-12H2,1-2H3,(H,24,26)/b23-14-. The maximum Gasteiger partial charge on any atom is 0.243 e. The van der Waals surface area contributed by atoms with Crippen LogP contribution in [0.4, 0.5) is 0 Å². The minimum absolute atomic E-state index is 0.237. The topological polar surface area (TPSA) is 97.3 Å². The van der Waals surface area contributed by atoms with Crippen molar-refractivity contribution in [2.75, 3.05) is 27.3 Å². The number of piperidine rings is 1. The van der Waals surface area contributed by atoms with Gasteiger partial charge in [-0.15, -0.1) is 0 Å². The van der Waals surface area contributed by atoms with E-state index in [1.54, 1.807) is 56.7 Å². The highest BCUT2D eigenvalue weighted by Crippen LogP contribution is 2.25. The van der Waals surface area contributed by atoms with Gasteiger partial charge in [-0.05, 0) is 55.3 Å². The van der Waals surface area contributed by atoms with Gasteiger partial charge in [-0.1, -0.05) is 15.9 Å². The number of benzene rings is 2. The molecule has 1 aliphatic rings. The third-order valence-electron chi connectivity index (χ3n) is 5.09. The van der Waals surface area contributed by atoms with Crippen LogP contribution in [0.1, 0.15) is 18.4 Å². The summed E-state index contributed by atoms with van der Waals surface area (Å²) in [4.78, 5) is 12.7. The molecule has 1 N–H and O–H groups in total. The molecular formula is C21H24BrN3O5S. The predicted octanol–water partition coefficient (Wildman–Crippen LogP) is 3.02. The second kappa shape index (κ2) is 10.3. The summed E-state index contributed by atoms with van der Waals surface area (Å²) in [6.07, 6.45) is 2.35. The lowest BCUT2D eigenvalue weighted by Crippen LogP contribution is -2.42. The Balaban J connectivity index is 1.57. The van der Waals surface area contributed by atoms with Gasteiger partial charge in [0.25, 0.3) is 0 Å². The van der Waals surface area contributed by atoms with Crippen molar-refractivity contribution in [3.8, 4) is 11.5 Å². The number of rotatable bonds is 7. The zero-order chi connectivity index (χ0) is 22.4. The Labute approximate surface area is 190 Å². The third-order valence-corrected chi connectivity index (χ3v) is 7.53. The fourth-order valence-electron chi connectivity index (χ4n) is 3.31. The van der Waals surface area contributed by atoms with Crippen molar-refractivity contribution in [3.05, 3.63) is 52.5 Å². The minimum atomic E-state index is -3.57. The Morgan fingerprint density at radius 1 is 1.13 bits per heavy atom. The first-order valence-corrected chi connectivity index (χ1v) is 11.9. The number of nitrogens with one attached hydrogen (secondary N) is 1. The van der Waals surface area contributed by atoms with Crippen LogP contribution in [0, 0.1) is 5.92 Å². The first kappa shape index (κ1) is 23.2. The van der Waals surface area contributed by atoms with Crippen molar-refractivity contribution in [2.24, 2.45) is 11.0 Å². The van der Waals surface area contributed by atoms with E-state index in [1.165, 1.54) is 10.5 Å². The number of nitrogens with zero attached hydrogens (tertiary/aromatic N) is 2. The lowest BCUT2D eigenvalue weighted by atomic mass is 9.98. The minimum Gasteiger partial charge on any atom is -0.497 e. The molecule has 0 atom stereocenters. The van der Waals surface area contributed by atoms with Gasteiger partial charge in [-0.2, -0.15) is 9.41 Å². The van der Waals surface area contributed by atoms with Crippen molar-refractivity contribution < 1.29 is 22.7 Å². The quantitative estimate of drug-likeness (QED) is 0.456. The van der Waals surface area contributed by atoms with Crippen molar-refractivity contribution in [3.63, 3.8) is 0 Å². The largest absolute Gasteiger partial charge is 0.497 e. The lowest BCUT2D eigenvalue weighted by molar-refractivity contribution is -0.126. The summed E-state index contributed by atoms with van der Waals surface area (Å²) in [5.41, 5.74) is 3.21. The van der Waals surface area contributed by atoms with Gasteiger partial charge in [0, 0.05) is 29.0 Å². The Hall–Kier alpha value is -2.43. The Bertz CT molecular complexity index is 1050. The van der Waals surface area contributed by atoms with Crippen LogP contribution in [-0.2, 0) is 14.8 Å². The molecule has 1 aliphatic heterocycles. The van der Waals surface area contributed by atoms with Gasteiger partial charge in [0.2, 0.25) is 15.9 Å².